The van der Waals surface area contributed by atoms with Gasteiger partial charge in [0, 0.05) is 102 Å². The predicted molar refractivity (Wildman–Crippen MR) is 606 cm³/mol. The Hall–Kier alpha value is -15.1. The Morgan fingerprint density at radius 1 is 0.227 bits per heavy atom. The van der Waals surface area contributed by atoms with Gasteiger partial charge in [0.25, 0.3) is 0 Å². The third kappa shape index (κ3) is 19.2. The van der Waals surface area contributed by atoms with E-state index in [1.807, 2.05) is 316 Å². The summed E-state index contributed by atoms with van der Waals surface area (Å²) >= 11 is 18.4. The lowest BCUT2D eigenvalue weighted by atomic mass is 9.49. The second-order valence-electron chi connectivity index (χ2n) is 39.5. The lowest BCUT2D eigenvalue weighted by Gasteiger charge is -2.32. The van der Waals surface area contributed by atoms with E-state index in [9.17, 15) is 0 Å². The minimum atomic E-state index is -1.49. The van der Waals surface area contributed by atoms with E-state index in [1.165, 1.54) is 0 Å². The van der Waals surface area contributed by atoms with E-state index in [-0.39, 0.29) is 50.0 Å². The van der Waals surface area contributed by atoms with Crippen molar-refractivity contribution < 1.29 is 64.5 Å². The summed E-state index contributed by atoms with van der Waals surface area (Å²) in [4.78, 5) is 42.9. The monoisotopic (exact) mass is 2040 g/mol. The highest BCUT2D eigenvalue weighted by molar-refractivity contribution is 7.11. The molecule has 3 fully saturated rings. The number of halogens is 3. The Morgan fingerprint density at radius 3 is 0.880 bits per heavy atom. The molecule has 746 valence electrons. The van der Waals surface area contributed by atoms with Gasteiger partial charge in [-0.1, -0.05) is 264 Å². The van der Waals surface area contributed by atoms with Crippen LogP contribution in [0.25, 0.3) is 223 Å². The maximum Gasteiger partial charge on any atom is 0.494 e. The lowest BCUT2D eigenvalue weighted by Crippen LogP contribution is -2.41. The van der Waals surface area contributed by atoms with Crippen molar-refractivity contribution in [3.8, 4) is 91.1 Å². The first-order valence-corrected chi connectivity index (χ1v) is 49.4. The molecule has 150 heavy (non-hydrogen) atoms. The van der Waals surface area contributed by atoms with Crippen molar-refractivity contribution in [2.24, 2.45) is 0 Å². The van der Waals surface area contributed by atoms with Crippen LogP contribution in [0.5, 0.6) is 0 Å². The molecule has 0 bridgehead atoms. The first-order valence-electron chi connectivity index (χ1n) is 48.2. The molecule has 0 saturated carbocycles. The molecule has 0 aliphatic carbocycles. The van der Waals surface area contributed by atoms with E-state index in [0.29, 0.717) is 67.7 Å². The van der Waals surface area contributed by atoms with Crippen LogP contribution >= 0.6 is 34.8 Å². The van der Waals surface area contributed by atoms with E-state index >= 15 is 0 Å². The van der Waals surface area contributed by atoms with Gasteiger partial charge in [-0.05, 0) is 215 Å². The summed E-state index contributed by atoms with van der Waals surface area (Å²) < 4.78 is 73.4. The zero-order valence-electron chi connectivity index (χ0n) is 81.9. The smallest absolute Gasteiger partial charge is 0.456 e. The molecule has 0 spiro atoms. The van der Waals surface area contributed by atoms with E-state index < -0.39 is 39.5 Å². The number of nitrogens with zero attached hydrogens (tertiary/aromatic N) is 9. The van der Waals surface area contributed by atoms with Crippen LogP contribution in [0, 0.1) is 0 Å². The minimum absolute atomic E-state index is 0. The molecule has 0 amide bonds. The number of fused-ring (bicyclic) bond motifs is 18. The summed E-state index contributed by atoms with van der Waals surface area (Å²) in [5.41, 5.74) is 14.9. The van der Waals surface area contributed by atoms with Gasteiger partial charge >= 0.3 is 28.3 Å². The van der Waals surface area contributed by atoms with Crippen molar-refractivity contribution in [1.82, 2.24) is 44.9 Å². The summed E-state index contributed by atoms with van der Waals surface area (Å²) in [6, 6.07) is 106. The standard InChI is InChI=1S/C39H30BN3O4.C33H18ClN3O2.C21H12ClN3O.C12H24B2O4.C12H8BClO3.3CH4/c1-38(2)39(3,4)47-40(46-38)25-18-20-32-30(22-25)27-19-17-24(21-33(27)44-32)36-41-35(23-11-6-5-7-12-23)42-37(43-36)29-15-10-14-28-26-13-8-9-16-31(26)45-34(28)29;34-21-14-16-28-26(18-21)23-15-13-20(17-29(23)38-28)32-35-31(19-7-2-1-3-8-19)36-33(37-32)25-11-6-10-24-22-9-4-5-12-27(22)39-30(24)25;22-21-24-19(13-7-2-1-3-8-13)23-20(25-21)16-11-6-10-15-14-9-4-5-12-17(14)26-18(15)16;1-9(2)10(3,4)16-13(15-9)14-17-11(5,6)12(7,8)18-14;14-8-2-4-11-10(6-8)9-3-1-7(13(15)16)5-12(9)17-11;;;/h5-22H,1-4H3;1-18H;1-12H;1-8H3;1-6,15-16H;3*1H4. The Kier molecular flexibility index (Phi) is 27.3. The van der Waals surface area contributed by atoms with Crippen LogP contribution < -0.4 is 10.9 Å². The van der Waals surface area contributed by atoms with Crippen molar-refractivity contribution in [1.29, 1.82) is 0 Å². The van der Waals surface area contributed by atoms with Gasteiger partial charge in [0.15, 0.2) is 46.6 Å². The number of furan rings is 6. The second kappa shape index (κ2) is 40.1. The van der Waals surface area contributed by atoms with Crippen molar-refractivity contribution in [2.45, 2.75) is 139 Å². The van der Waals surface area contributed by atoms with Crippen LogP contribution in [0.1, 0.15) is 105 Å². The van der Waals surface area contributed by atoms with Crippen molar-refractivity contribution >= 4 is 206 Å². The molecule has 0 radical (unpaired) electrons. The molecular weight excluding hydrogens is 1940 g/mol. The zero-order chi connectivity index (χ0) is 101. The number of hydrogen-bond acceptors (Lipinski definition) is 23. The Balaban J connectivity index is 0.000000119. The topological polar surface area (TPSA) is 291 Å². The zero-order valence-corrected chi connectivity index (χ0v) is 84.2. The van der Waals surface area contributed by atoms with Gasteiger partial charge in [-0.2, -0.15) is 9.97 Å². The van der Waals surface area contributed by atoms with Gasteiger partial charge < -0.3 is 64.5 Å². The van der Waals surface area contributed by atoms with Crippen LogP contribution in [-0.4, -0.2) is 117 Å². The first-order chi connectivity index (χ1) is 70.8. The average Bonchev–Trinajstić information content (AvgIpc) is 1.58. The summed E-state index contributed by atoms with van der Waals surface area (Å²) in [6.07, 6.45) is 0. The predicted octanol–water partition coefficient (Wildman–Crippen LogP) is 30.1. The summed E-state index contributed by atoms with van der Waals surface area (Å²) in [5.74, 6) is 4.36. The number of hydrogen-bond donors (Lipinski definition) is 2. The third-order valence-electron chi connectivity index (χ3n) is 28.4. The molecule has 3 aliphatic heterocycles. The maximum absolute atomic E-state index is 9.09. The molecule has 2 N–H and O–H groups in total. The maximum atomic E-state index is 9.09. The highest BCUT2D eigenvalue weighted by Crippen LogP contribution is 2.47. The fourth-order valence-electron chi connectivity index (χ4n) is 18.5. The number of aromatic nitrogens is 9. The summed E-state index contributed by atoms with van der Waals surface area (Å²) in [6.45, 7) is 24.5. The Labute approximate surface area is 881 Å². The molecule has 23 nitrogen and oxygen atoms in total. The van der Waals surface area contributed by atoms with E-state index in [4.69, 9.17) is 129 Å². The summed E-state index contributed by atoms with van der Waals surface area (Å²) in [5, 5.41) is 31.7. The van der Waals surface area contributed by atoms with E-state index in [1.54, 1.807) is 30.3 Å². The van der Waals surface area contributed by atoms with E-state index in [2.05, 4.69) is 79.0 Å². The van der Waals surface area contributed by atoms with Gasteiger partial charge in [0.2, 0.25) is 5.28 Å². The Bertz CT molecular complexity index is 9180. The SMILES string of the molecule is C.C.C.CC1(C)OB(B2OC(C)(C)C(C)(C)O2)OC1(C)C.CC1(C)OB(c2ccc3oc4cc(-c5nc(-c6ccccc6)nc(-c6cccc7c6oc6ccccc67)n5)ccc4c3c2)OC1(C)C.Clc1ccc2oc3cc(-c4nc(-c5ccccc5)nc(-c5cccc6c5oc5ccccc56)n4)ccc3c2c1.Clc1nc(-c2ccccc2)nc(-c2cccc3c2oc2ccccc23)n1.OB(O)c1ccc2c(c1)oc1ccc(Cl)cc12. The normalized spacial score (nSPS) is 15.1. The van der Waals surface area contributed by atoms with Crippen LogP contribution in [0.3, 0.4) is 0 Å². The highest BCUT2D eigenvalue weighted by Gasteiger charge is 2.64. The van der Waals surface area contributed by atoms with Crippen molar-refractivity contribution in [3.63, 3.8) is 0 Å². The fourth-order valence-corrected chi connectivity index (χ4v) is 19.0. The number of benzene rings is 15. The summed E-state index contributed by atoms with van der Waals surface area (Å²) in [7, 11) is -2.90. The molecule has 30 heteroatoms. The molecule has 0 atom stereocenters. The van der Waals surface area contributed by atoms with Crippen LogP contribution in [0.2, 0.25) is 15.3 Å². The lowest BCUT2D eigenvalue weighted by molar-refractivity contribution is 0.00578. The van der Waals surface area contributed by atoms with Crippen LogP contribution in [0.15, 0.2) is 354 Å². The van der Waals surface area contributed by atoms with E-state index in [0.717, 1.165) is 176 Å². The van der Waals surface area contributed by atoms with Crippen LogP contribution in [0.4, 0.5) is 0 Å². The van der Waals surface area contributed by atoms with Crippen LogP contribution in [-0.2, 0) is 27.9 Å². The van der Waals surface area contributed by atoms with Crippen molar-refractivity contribution in [3.05, 3.63) is 343 Å². The third-order valence-corrected chi connectivity index (χ3v) is 29.0. The molecule has 15 aromatic carbocycles. The molecule has 9 aromatic heterocycles. The molecular formula is C120H104B4Cl3N9O14. The minimum Gasteiger partial charge on any atom is -0.456 e. The fraction of sp³-hybridized carbons (Fsp3) is 0.175. The largest absolute Gasteiger partial charge is 0.494 e. The molecule has 0 unspecified atom stereocenters. The Morgan fingerprint density at radius 2 is 0.507 bits per heavy atom. The number of para-hydroxylation sites is 6. The van der Waals surface area contributed by atoms with Gasteiger partial charge in [-0.3, -0.25) is 0 Å². The van der Waals surface area contributed by atoms with Gasteiger partial charge in [-0.15, -0.1) is 0 Å². The molecule has 24 aromatic rings. The van der Waals surface area contributed by atoms with Gasteiger partial charge in [0.05, 0.1) is 50.3 Å². The quantitative estimate of drug-likeness (QED) is 0.114. The molecule has 12 heterocycles. The molecule has 27 rings (SSSR count). The van der Waals surface area contributed by atoms with Gasteiger partial charge in [-0.25, -0.2) is 34.9 Å². The number of rotatable bonds is 11. The second-order valence-corrected chi connectivity index (χ2v) is 40.7. The average molecular weight is 2050 g/mol. The van der Waals surface area contributed by atoms with Crippen molar-refractivity contribution in [2.75, 3.05) is 0 Å². The van der Waals surface area contributed by atoms with Gasteiger partial charge in [0.1, 0.15) is 67.0 Å². The first kappa shape index (κ1) is 102. The molecule has 3 saturated heterocycles. The highest BCUT2D eigenvalue weighted by atomic mass is 35.5. The molecule has 3 aliphatic rings.